The van der Waals surface area contributed by atoms with Gasteiger partial charge in [0.2, 0.25) is 0 Å². The minimum atomic E-state index is -4.79. The van der Waals surface area contributed by atoms with Gasteiger partial charge in [0.1, 0.15) is 5.75 Å². The predicted molar refractivity (Wildman–Crippen MR) is 109 cm³/mol. The maximum Gasteiger partial charge on any atom is 0.573 e. The number of amides is 2. The first-order valence-electron chi connectivity index (χ1n) is 9.53. The summed E-state index contributed by atoms with van der Waals surface area (Å²) in [5.41, 5.74) is 2.07. The van der Waals surface area contributed by atoms with Crippen LogP contribution >= 0.6 is 11.6 Å². The third-order valence-electron chi connectivity index (χ3n) is 4.95. The number of ether oxygens (including phenoxy) is 1. The predicted octanol–water partition coefficient (Wildman–Crippen LogP) is 4.24. The van der Waals surface area contributed by atoms with Crippen LogP contribution in [0, 0.1) is 0 Å². The van der Waals surface area contributed by atoms with Crippen molar-refractivity contribution in [1.29, 1.82) is 0 Å². The maximum atomic E-state index is 12.6. The van der Waals surface area contributed by atoms with Crippen LogP contribution in [0.1, 0.15) is 5.56 Å². The molecule has 0 spiro atoms. The number of benzene rings is 1. The van der Waals surface area contributed by atoms with Gasteiger partial charge in [-0.15, -0.1) is 13.2 Å². The van der Waals surface area contributed by atoms with E-state index in [-0.39, 0.29) is 11.1 Å². The lowest BCUT2D eigenvalue weighted by atomic mass is 10.2. The lowest BCUT2D eigenvalue weighted by Crippen LogP contribution is -2.49. The van der Waals surface area contributed by atoms with Gasteiger partial charge in [-0.1, -0.05) is 17.7 Å². The topological polar surface area (TPSA) is 62.1 Å². The number of hydrogen-bond donors (Lipinski definition) is 1. The van der Waals surface area contributed by atoms with E-state index in [0.717, 1.165) is 5.56 Å². The van der Waals surface area contributed by atoms with E-state index < -0.39 is 12.1 Å². The molecular weight excluding hydrogens is 435 g/mol. The van der Waals surface area contributed by atoms with Crippen molar-refractivity contribution in [2.45, 2.75) is 12.9 Å². The van der Waals surface area contributed by atoms with Gasteiger partial charge < -0.3 is 19.4 Å². The van der Waals surface area contributed by atoms with E-state index in [1.165, 1.54) is 12.1 Å². The Hall–Kier alpha value is -2.98. The summed E-state index contributed by atoms with van der Waals surface area (Å²) in [5, 5.41) is 2.80. The van der Waals surface area contributed by atoms with Gasteiger partial charge in [-0.25, -0.2) is 9.78 Å². The first-order valence-corrected chi connectivity index (χ1v) is 9.90. The van der Waals surface area contributed by atoms with Crippen LogP contribution in [-0.4, -0.2) is 57.8 Å². The van der Waals surface area contributed by atoms with Crippen LogP contribution in [0.3, 0.4) is 0 Å². The highest BCUT2D eigenvalue weighted by molar-refractivity contribution is 6.32. The lowest BCUT2D eigenvalue weighted by molar-refractivity contribution is -0.274. The van der Waals surface area contributed by atoms with Crippen molar-refractivity contribution >= 4 is 29.0 Å². The summed E-state index contributed by atoms with van der Waals surface area (Å²) in [6.45, 7) is 2.80. The second-order valence-electron chi connectivity index (χ2n) is 7.09. The molecule has 0 saturated carbocycles. The molecular formula is C20H19ClF3N5O2. The number of nitrogens with zero attached hydrogens (tertiary/aromatic N) is 4. The lowest BCUT2D eigenvalue weighted by Gasteiger charge is -2.34. The van der Waals surface area contributed by atoms with Crippen molar-refractivity contribution in [3.05, 3.63) is 59.5 Å². The molecule has 0 bridgehead atoms. The summed E-state index contributed by atoms with van der Waals surface area (Å²) < 4.78 is 42.8. The number of rotatable bonds is 4. The van der Waals surface area contributed by atoms with Gasteiger partial charge >= 0.3 is 12.4 Å². The van der Waals surface area contributed by atoms with Crippen LogP contribution in [-0.2, 0) is 6.54 Å². The van der Waals surface area contributed by atoms with Crippen LogP contribution in [0.5, 0.6) is 5.75 Å². The summed E-state index contributed by atoms with van der Waals surface area (Å²) >= 11 is 5.92. The highest BCUT2D eigenvalue weighted by Crippen LogP contribution is 2.31. The molecule has 0 atom stereocenters. The Bertz CT molecular complexity index is 1080. The number of piperazine rings is 1. The van der Waals surface area contributed by atoms with Crippen LogP contribution in [0.4, 0.5) is 23.7 Å². The van der Waals surface area contributed by atoms with E-state index in [4.69, 9.17) is 11.6 Å². The van der Waals surface area contributed by atoms with Gasteiger partial charge in [-0.2, -0.15) is 0 Å². The minimum absolute atomic E-state index is 0.0963. The number of alkyl halides is 3. The van der Waals surface area contributed by atoms with Gasteiger partial charge in [0.05, 0.1) is 10.7 Å². The van der Waals surface area contributed by atoms with Gasteiger partial charge in [0, 0.05) is 51.3 Å². The highest BCUT2D eigenvalue weighted by atomic mass is 35.5. The molecule has 164 valence electrons. The summed E-state index contributed by atoms with van der Waals surface area (Å²) in [4.78, 5) is 20.7. The Balaban J connectivity index is 1.31. The average molecular weight is 454 g/mol. The molecule has 11 heteroatoms. The second kappa shape index (κ2) is 8.64. The van der Waals surface area contributed by atoms with Gasteiger partial charge in [-0.3, -0.25) is 4.90 Å². The molecule has 0 radical (unpaired) electrons. The Labute approximate surface area is 181 Å². The number of fused-ring (bicyclic) bond motifs is 1. The number of hydrogen-bond acceptors (Lipinski definition) is 4. The maximum absolute atomic E-state index is 12.6. The summed E-state index contributed by atoms with van der Waals surface area (Å²) in [7, 11) is 0. The van der Waals surface area contributed by atoms with Crippen molar-refractivity contribution in [3.63, 3.8) is 0 Å². The number of carbonyl (C=O) groups excluding carboxylic acids is 1. The van der Waals surface area contributed by atoms with E-state index in [2.05, 4.69) is 19.9 Å². The number of urea groups is 1. The van der Waals surface area contributed by atoms with Crippen molar-refractivity contribution in [3.8, 4) is 5.75 Å². The molecule has 1 aliphatic heterocycles. The molecule has 1 saturated heterocycles. The normalized spacial score (nSPS) is 15.3. The smallest absolute Gasteiger partial charge is 0.404 e. The second-order valence-corrected chi connectivity index (χ2v) is 7.49. The number of carbonyl (C=O) groups is 1. The van der Waals surface area contributed by atoms with Crippen LogP contribution < -0.4 is 10.1 Å². The number of imidazole rings is 1. The fourth-order valence-corrected chi connectivity index (χ4v) is 3.70. The van der Waals surface area contributed by atoms with Crippen LogP contribution in [0.15, 0.2) is 48.9 Å². The summed E-state index contributed by atoms with van der Waals surface area (Å²) in [6, 6.07) is 7.66. The van der Waals surface area contributed by atoms with Crippen molar-refractivity contribution < 1.29 is 22.7 Å². The van der Waals surface area contributed by atoms with E-state index in [1.807, 2.05) is 16.7 Å². The third-order valence-corrected chi connectivity index (χ3v) is 5.24. The number of nitrogens with one attached hydrogen (secondary N) is 1. The molecule has 1 aliphatic rings. The fraction of sp³-hybridized carbons (Fsp3) is 0.300. The molecule has 0 aliphatic carbocycles. The number of aromatic nitrogens is 2. The molecule has 2 aromatic heterocycles. The zero-order valence-electron chi connectivity index (χ0n) is 16.3. The van der Waals surface area contributed by atoms with E-state index in [9.17, 15) is 18.0 Å². The molecule has 1 fully saturated rings. The largest absolute Gasteiger partial charge is 0.573 e. The van der Waals surface area contributed by atoms with Crippen molar-refractivity contribution in [1.82, 2.24) is 19.2 Å². The molecule has 1 aromatic carbocycles. The number of halogens is 4. The van der Waals surface area contributed by atoms with Gasteiger partial charge in [-0.05, 0) is 29.8 Å². The average Bonchev–Trinajstić information content (AvgIpc) is 3.20. The standard InChI is InChI=1S/C20H19ClF3N5O2/c21-15-12-14(3-4-17(15)31-20(22,23)24)13-27-8-10-29(11-9-27)19(30)26-16-2-1-6-28-7-5-25-18(16)28/h1-7,12H,8-11,13H2,(H,26,30). The minimum Gasteiger partial charge on any atom is -0.404 e. The monoisotopic (exact) mass is 453 g/mol. The summed E-state index contributed by atoms with van der Waals surface area (Å²) in [5.74, 6) is -0.424. The van der Waals surface area contributed by atoms with Gasteiger partial charge in [0.25, 0.3) is 0 Å². The molecule has 7 nitrogen and oxygen atoms in total. The molecule has 1 N–H and O–H groups in total. The molecule has 3 aromatic rings. The SMILES string of the molecule is O=C(Nc1cccn2ccnc12)N1CCN(Cc2ccc(OC(F)(F)F)c(Cl)c2)CC1. The first-order chi connectivity index (χ1) is 14.8. The number of pyridine rings is 1. The number of anilines is 1. The van der Waals surface area contributed by atoms with E-state index in [0.29, 0.717) is 44.1 Å². The van der Waals surface area contributed by atoms with Crippen LogP contribution in [0.2, 0.25) is 5.02 Å². The third kappa shape index (κ3) is 5.20. The zero-order valence-corrected chi connectivity index (χ0v) is 17.0. The molecule has 4 rings (SSSR count). The Kier molecular flexibility index (Phi) is 5.92. The Morgan fingerprint density at radius 2 is 1.94 bits per heavy atom. The van der Waals surface area contributed by atoms with Crippen molar-refractivity contribution in [2.24, 2.45) is 0 Å². The molecule has 31 heavy (non-hydrogen) atoms. The van der Waals surface area contributed by atoms with Crippen LogP contribution in [0.25, 0.3) is 5.65 Å². The Morgan fingerprint density at radius 3 is 2.65 bits per heavy atom. The molecule has 0 unspecified atom stereocenters. The van der Waals surface area contributed by atoms with Crippen molar-refractivity contribution in [2.75, 3.05) is 31.5 Å². The summed E-state index contributed by atoms with van der Waals surface area (Å²) in [6.07, 6.45) is 0.533. The Morgan fingerprint density at radius 1 is 1.16 bits per heavy atom. The highest BCUT2D eigenvalue weighted by Gasteiger charge is 2.32. The molecule has 2 amide bonds. The van der Waals surface area contributed by atoms with E-state index >= 15 is 0 Å². The van der Waals surface area contributed by atoms with E-state index in [1.54, 1.807) is 29.4 Å². The fourth-order valence-electron chi connectivity index (χ4n) is 3.46. The van der Waals surface area contributed by atoms with Gasteiger partial charge in [0.15, 0.2) is 5.65 Å². The first kappa shape index (κ1) is 21.3. The quantitative estimate of drug-likeness (QED) is 0.642. The zero-order chi connectivity index (χ0) is 22.0. The molecule has 3 heterocycles.